The molecule has 36 heavy (non-hydrogen) atoms. The Balaban J connectivity index is 1.78. The van der Waals surface area contributed by atoms with Crippen LogP contribution in [0.15, 0.2) is 42.9 Å². The summed E-state index contributed by atoms with van der Waals surface area (Å²) in [6.45, 7) is 1.92. The van der Waals surface area contributed by atoms with Gasteiger partial charge in [-0.1, -0.05) is 0 Å². The molecule has 9 nitrogen and oxygen atoms in total. The maximum atomic E-state index is 13.0. The van der Waals surface area contributed by atoms with Gasteiger partial charge in [-0.05, 0) is 38.0 Å². The van der Waals surface area contributed by atoms with Crippen LogP contribution in [0.3, 0.4) is 0 Å². The lowest BCUT2D eigenvalue weighted by Crippen LogP contribution is -2.41. The van der Waals surface area contributed by atoms with Crippen molar-refractivity contribution in [3.8, 4) is 22.8 Å². The van der Waals surface area contributed by atoms with E-state index in [1.54, 1.807) is 25.3 Å². The molecule has 0 radical (unpaired) electrons. The minimum atomic E-state index is -4.55. The van der Waals surface area contributed by atoms with Gasteiger partial charge in [0.1, 0.15) is 15.6 Å². The second-order valence-corrected chi connectivity index (χ2v) is 10.8. The number of nitrogens with zero attached hydrogens (tertiary/aromatic N) is 4. The van der Waals surface area contributed by atoms with Crippen molar-refractivity contribution in [2.45, 2.75) is 38.5 Å². The summed E-state index contributed by atoms with van der Waals surface area (Å²) in [6.07, 6.45) is 0.208. The maximum absolute atomic E-state index is 13.0. The lowest BCUT2D eigenvalue weighted by Gasteiger charge is -2.34. The van der Waals surface area contributed by atoms with Crippen LogP contribution in [0.25, 0.3) is 11.1 Å². The molecule has 1 aliphatic heterocycles. The Morgan fingerprint density at radius 2 is 1.97 bits per heavy atom. The fraction of sp³-hybridized carbons (Fsp3) is 0.348. The molecule has 3 aromatic rings. The SMILES string of the molecule is C[C@H]1CCc2c(ccc(-c3cnn(CCS(C)(=O)=O)c3)c2Oc2ccc(C(F)(F)F)cn2)N1C(=O)O. The summed E-state index contributed by atoms with van der Waals surface area (Å²) in [6, 6.07) is 4.96. The van der Waals surface area contributed by atoms with E-state index in [2.05, 4.69) is 10.1 Å². The van der Waals surface area contributed by atoms with Crippen LogP contribution < -0.4 is 9.64 Å². The van der Waals surface area contributed by atoms with Gasteiger partial charge in [0, 0.05) is 47.4 Å². The number of rotatable bonds is 6. The number of anilines is 1. The first-order chi connectivity index (χ1) is 16.8. The van der Waals surface area contributed by atoms with E-state index in [0.717, 1.165) is 18.4 Å². The number of aromatic nitrogens is 3. The van der Waals surface area contributed by atoms with E-state index in [1.165, 1.54) is 15.8 Å². The van der Waals surface area contributed by atoms with Gasteiger partial charge in [-0.2, -0.15) is 18.3 Å². The largest absolute Gasteiger partial charge is 0.465 e. The maximum Gasteiger partial charge on any atom is 0.417 e. The highest BCUT2D eigenvalue weighted by Crippen LogP contribution is 2.44. The summed E-state index contributed by atoms with van der Waals surface area (Å²) in [5.74, 6) is 0.0472. The summed E-state index contributed by atoms with van der Waals surface area (Å²) >= 11 is 0. The number of pyridine rings is 1. The second kappa shape index (κ2) is 9.45. The molecule has 1 atom stereocenters. The zero-order chi connectivity index (χ0) is 26.3. The highest BCUT2D eigenvalue weighted by Gasteiger charge is 2.33. The van der Waals surface area contributed by atoms with Gasteiger partial charge in [0.05, 0.1) is 29.7 Å². The number of carboxylic acid groups (broad SMARTS) is 1. The lowest BCUT2D eigenvalue weighted by atomic mass is 9.92. The molecular formula is C23H23F3N4O5S. The molecule has 0 aliphatic carbocycles. The number of aryl methyl sites for hydroxylation is 1. The van der Waals surface area contributed by atoms with Crippen LogP contribution in [0.4, 0.5) is 23.7 Å². The molecule has 0 bridgehead atoms. The average Bonchev–Trinajstić information content (AvgIpc) is 3.25. The molecule has 0 fully saturated rings. The number of hydrogen-bond donors (Lipinski definition) is 1. The Morgan fingerprint density at radius 1 is 1.22 bits per heavy atom. The molecule has 1 N–H and O–H groups in total. The first kappa shape index (κ1) is 25.5. The zero-order valence-corrected chi connectivity index (χ0v) is 20.2. The van der Waals surface area contributed by atoms with Crippen molar-refractivity contribution in [1.82, 2.24) is 14.8 Å². The molecule has 0 unspecified atom stereocenters. The third-order valence-corrected chi connectivity index (χ3v) is 6.78. The van der Waals surface area contributed by atoms with Crippen LogP contribution in [0.5, 0.6) is 11.6 Å². The predicted octanol–water partition coefficient (Wildman–Crippen LogP) is 4.62. The molecule has 13 heteroatoms. The molecule has 3 heterocycles. The summed E-state index contributed by atoms with van der Waals surface area (Å²) in [4.78, 5) is 17.0. The van der Waals surface area contributed by atoms with E-state index in [4.69, 9.17) is 4.74 Å². The molecule has 0 saturated heterocycles. The van der Waals surface area contributed by atoms with Gasteiger partial charge in [-0.25, -0.2) is 18.2 Å². The molecular weight excluding hydrogens is 501 g/mol. The van der Waals surface area contributed by atoms with Crippen molar-refractivity contribution < 1.29 is 36.2 Å². The van der Waals surface area contributed by atoms with E-state index in [-0.39, 0.29) is 30.0 Å². The summed E-state index contributed by atoms with van der Waals surface area (Å²) in [5.41, 5.74) is 1.13. The van der Waals surface area contributed by atoms with E-state index in [0.29, 0.717) is 41.4 Å². The number of alkyl halides is 3. The van der Waals surface area contributed by atoms with Crippen LogP contribution in [0, 0.1) is 0 Å². The van der Waals surface area contributed by atoms with E-state index < -0.39 is 27.7 Å². The molecule has 0 saturated carbocycles. The molecule has 0 spiro atoms. The van der Waals surface area contributed by atoms with Crippen molar-refractivity contribution in [3.63, 3.8) is 0 Å². The van der Waals surface area contributed by atoms with Gasteiger partial charge in [-0.15, -0.1) is 0 Å². The zero-order valence-electron chi connectivity index (χ0n) is 19.4. The summed E-state index contributed by atoms with van der Waals surface area (Å²) in [7, 11) is -3.21. The number of benzene rings is 1. The highest BCUT2D eigenvalue weighted by atomic mass is 32.2. The number of fused-ring (bicyclic) bond motifs is 1. The standard InChI is InChI=1S/C23H23F3N4O5S/c1-14-3-5-18-19(30(14)22(31)32)7-6-17(15-11-28-29(13-15)9-10-36(2,33)34)21(18)35-20-8-4-16(12-27-20)23(24,25)26/h4,6-8,11-14H,3,5,9-10H2,1-2H3,(H,31,32)/t14-/m0/s1. The number of hydrogen-bond acceptors (Lipinski definition) is 6. The molecule has 1 amide bonds. The third-order valence-electron chi connectivity index (χ3n) is 5.86. The molecule has 4 rings (SSSR count). The van der Waals surface area contributed by atoms with Gasteiger partial charge in [0.2, 0.25) is 5.88 Å². The third kappa shape index (κ3) is 5.45. The number of ether oxygens (including phenoxy) is 1. The van der Waals surface area contributed by atoms with E-state index in [9.17, 15) is 31.5 Å². The fourth-order valence-electron chi connectivity index (χ4n) is 4.04. The topological polar surface area (TPSA) is 115 Å². The van der Waals surface area contributed by atoms with Crippen molar-refractivity contribution in [3.05, 3.63) is 54.0 Å². The van der Waals surface area contributed by atoms with Gasteiger partial charge in [0.15, 0.2) is 0 Å². The van der Waals surface area contributed by atoms with Crippen molar-refractivity contribution in [1.29, 1.82) is 0 Å². The Bertz CT molecular complexity index is 1390. The normalized spacial score (nSPS) is 16.0. The van der Waals surface area contributed by atoms with Crippen LogP contribution in [-0.2, 0) is 29.0 Å². The van der Waals surface area contributed by atoms with Crippen LogP contribution in [0.1, 0.15) is 24.5 Å². The monoisotopic (exact) mass is 524 g/mol. The first-order valence-electron chi connectivity index (χ1n) is 10.9. The number of sulfone groups is 1. The molecule has 1 aromatic carbocycles. The quantitative estimate of drug-likeness (QED) is 0.500. The first-order valence-corrected chi connectivity index (χ1v) is 13.0. The Kier molecular flexibility index (Phi) is 6.69. The summed E-state index contributed by atoms with van der Waals surface area (Å²) < 4.78 is 69.3. The Hall–Kier alpha value is -3.61. The van der Waals surface area contributed by atoms with Crippen LogP contribution in [0.2, 0.25) is 0 Å². The molecule has 2 aromatic heterocycles. The Labute approximate surface area is 205 Å². The van der Waals surface area contributed by atoms with Gasteiger partial charge in [-0.3, -0.25) is 9.58 Å². The fourth-order valence-corrected chi connectivity index (χ4v) is 4.56. The van der Waals surface area contributed by atoms with Crippen LogP contribution in [-0.4, -0.2) is 52.4 Å². The highest BCUT2D eigenvalue weighted by molar-refractivity contribution is 7.90. The molecule has 192 valence electrons. The lowest BCUT2D eigenvalue weighted by molar-refractivity contribution is -0.137. The van der Waals surface area contributed by atoms with Crippen LogP contribution >= 0.6 is 0 Å². The number of amides is 1. The average molecular weight is 525 g/mol. The molecule has 1 aliphatic rings. The predicted molar refractivity (Wildman–Crippen MR) is 125 cm³/mol. The smallest absolute Gasteiger partial charge is 0.417 e. The van der Waals surface area contributed by atoms with Crippen molar-refractivity contribution in [2.24, 2.45) is 0 Å². The second-order valence-electron chi connectivity index (χ2n) is 8.59. The summed E-state index contributed by atoms with van der Waals surface area (Å²) in [5, 5.41) is 14.0. The van der Waals surface area contributed by atoms with E-state index >= 15 is 0 Å². The minimum Gasteiger partial charge on any atom is -0.465 e. The Morgan fingerprint density at radius 3 is 2.58 bits per heavy atom. The van der Waals surface area contributed by atoms with Gasteiger partial charge >= 0.3 is 12.3 Å². The van der Waals surface area contributed by atoms with Gasteiger partial charge in [0.25, 0.3) is 0 Å². The number of carbonyl (C=O) groups is 1. The van der Waals surface area contributed by atoms with Crippen molar-refractivity contribution >= 4 is 21.6 Å². The van der Waals surface area contributed by atoms with E-state index in [1.807, 2.05) is 0 Å². The van der Waals surface area contributed by atoms with Crippen molar-refractivity contribution in [2.75, 3.05) is 16.9 Å². The van der Waals surface area contributed by atoms with Gasteiger partial charge < -0.3 is 9.84 Å². The minimum absolute atomic E-state index is 0.0948. The number of halogens is 3.